The summed E-state index contributed by atoms with van der Waals surface area (Å²) < 4.78 is 0. The number of amides is 1. The molecule has 0 radical (unpaired) electrons. The fraction of sp³-hybridized carbons (Fsp3) is 0.611. The van der Waals surface area contributed by atoms with Crippen LogP contribution in [0.25, 0.3) is 0 Å². The number of hydrogen-bond donors (Lipinski definition) is 2. The average Bonchev–Trinajstić information content (AvgIpc) is 2.40. The van der Waals surface area contributed by atoms with Gasteiger partial charge in [0, 0.05) is 17.6 Å². The van der Waals surface area contributed by atoms with Crippen molar-refractivity contribution in [3.05, 3.63) is 29.3 Å². The number of aryl methyl sites for hydroxylation is 2. The van der Waals surface area contributed by atoms with Gasteiger partial charge in [-0.2, -0.15) is 0 Å². The van der Waals surface area contributed by atoms with Gasteiger partial charge in [0.15, 0.2) is 0 Å². The highest BCUT2D eigenvalue weighted by atomic mass is 16.1. The number of hydrogen-bond acceptors (Lipinski definition) is 2. The van der Waals surface area contributed by atoms with Crippen LogP contribution in [0.4, 0.5) is 5.69 Å². The molecule has 3 unspecified atom stereocenters. The van der Waals surface area contributed by atoms with Gasteiger partial charge < -0.3 is 11.1 Å². The third-order valence-electron chi connectivity index (χ3n) is 5.55. The lowest BCUT2D eigenvalue weighted by Gasteiger charge is -2.46. The highest BCUT2D eigenvalue weighted by molar-refractivity contribution is 5.94. The molecule has 116 valence electrons. The number of anilines is 1. The zero-order valence-electron chi connectivity index (χ0n) is 13.9. The molecule has 2 rings (SSSR count). The van der Waals surface area contributed by atoms with Crippen molar-refractivity contribution >= 4 is 11.6 Å². The summed E-state index contributed by atoms with van der Waals surface area (Å²) in [6.45, 7) is 10.6. The minimum absolute atomic E-state index is 0.0197. The first-order valence-electron chi connectivity index (χ1n) is 7.87. The summed E-state index contributed by atoms with van der Waals surface area (Å²) >= 11 is 0. The Balaban J connectivity index is 2.21. The van der Waals surface area contributed by atoms with Gasteiger partial charge >= 0.3 is 0 Å². The first-order chi connectivity index (χ1) is 9.75. The maximum absolute atomic E-state index is 12.8. The van der Waals surface area contributed by atoms with E-state index in [1.165, 1.54) is 0 Å². The number of nitrogens with one attached hydrogen (secondary N) is 1. The van der Waals surface area contributed by atoms with E-state index in [4.69, 9.17) is 5.73 Å². The Bertz CT molecular complexity index is 516. The molecule has 3 atom stereocenters. The molecule has 1 saturated carbocycles. The zero-order chi connectivity index (χ0) is 15.8. The summed E-state index contributed by atoms with van der Waals surface area (Å²) in [6, 6.07) is 6.29. The van der Waals surface area contributed by atoms with E-state index < -0.39 is 0 Å². The van der Waals surface area contributed by atoms with E-state index in [1.807, 2.05) is 32.0 Å². The van der Waals surface area contributed by atoms with E-state index in [0.29, 0.717) is 5.92 Å². The molecule has 1 aliphatic carbocycles. The highest BCUT2D eigenvalue weighted by Gasteiger charge is 2.45. The second-order valence-corrected chi connectivity index (χ2v) is 7.16. The van der Waals surface area contributed by atoms with Gasteiger partial charge in [0.05, 0.1) is 0 Å². The summed E-state index contributed by atoms with van der Waals surface area (Å²) in [7, 11) is 0. The summed E-state index contributed by atoms with van der Waals surface area (Å²) in [6.07, 6.45) is 1.80. The fourth-order valence-electron chi connectivity index (χ4n) is 3.54. The maximum Gasteiger partial charge on any atom is 0.228 e. The molecule has 0 bridgehead atoms. The van der Waals surface area contributed by atoms with Crippen LogP contribution in [0, 0.1) is 31.1 Å². The van der Waals surface area contributed by atoms with Gasteiger partial charge in [0.2, 0.25) is 5.91 Å². The molecule has 0 saturated heterocycles. The van der Waals surface area contributed by atoms with Crippen LogP contribution in [0.15, 0.2) is 18.2 Å². The third-order valence-corrected chi connectivity index (χ3v) is 5.55. The van der Waals surface area contributed by atoms with Gasteiger partial charge in [-0.25, -0.2) is 0 Å². The lowest BCUT2D eigenvalue weighted by Crippen LogP contribution is -2.50. The number of benzene rings is 1. The fourth-order valence-corrected chi connectivity index (χ4v) is 3.54. The molecule has 0 aliphatic heterocycles. The first-order valence-corrected chi connectivity index (χ1v) is 7.87. The van der Waals surface area contributed by atoms with Crippen molar-refractivity contribution in [2.75, 3.05) is 5.32 Å². The van der Waals surface area contributed by atoms with Crippen molar-refractivity contribution in [3.8, 4) is 0 Å². The van der Waals surface area contributed by atoms with Gasteiger partial charge in [-0.15, -0.1) is 0 Å². The topological polar surface area (TPSA) is 55.1 Å². The molecule has 3 nitrogen and oxygen atoms in total. The van der Waals surface area contributed by atoms with Crippen LogP contribution in [0.5, 0.6) is 0 Å². The molecule has 0 spiro atoms. The van der Waals surface area contributed by atoms with Crippen molar-refractivity contribution in [2.24, 2.45) is 23.0 Å². The van der Waals surface area contributed by atoms with E-state index in [0.717, 1.165) is 29.7 Å². The van der Waals surface area contributed by atoms with Crippen LogP contribution in [0.2, 0.25) is 0 Å². The van der Waals surface area contributed by atoms with Gasteiger partial charge in [0.25, 0.3) is 0 Å². The molecule has 1 aromatic carbocycles. The largest absolute Gasteiger partial charge is 0.327 e. The minimum Gasteiger partial charge on any atom is -0.327 e. The Kier molecular flexibility index (Phi) is 4.43. The lowest BCUT2D eigenvalue weighted by atomic mass is 9.61. The summed E-state index contributed by atoms with van der Waals surface area (Å²) in [5.41, 5.74) is 9.30. The SMILES string of the molecule is Cc1cccc(C)c1NC(=O)C1CCC(N)C(C)C1(C)C. The maximum atomic E-state index is 12.8. The van der Waals surface area contributed by atoms with Gasteiger partial charge in [0.1, 0.15) is 0 Å². The molecule has 1 aliphatic rings. The molecule has 3 heteroatoms. The van der Waals surface area contributed by atoms with Crippen molar-refractivity contribution < 1.29 is 4.79 Å². The first kappa shape index (κ1) is 16.0. The number of para-hydroxylation sites is 1. The van der Waals surface area contributed by atoms with Crippen LogP contribution < -0.4 is 11.1 Å². The van der Waals surface area contributed by atoms with Crippen molar-refractivity contribution in [1.29, 1.82) is 0 Å². The Morgan fingerprint density at radius 1 is 1.24 bits per heavy atom. The summed E-state index contributed by atoms with van der Waals surface area (Å²) in [5, 5.41) is 3.16. The molecule has 1 fully saturated rings. The molecule has 21 heavy (non-hydrogen) atoms. The smallest absolute Gasteiger partial charge is 0.228 e. The Morgan fingerprint density at radius 2 is 1.81 bits per heavy atom. The van der Waals surface area contributed by atoms with Crippen LogP contribution in [-0.2, 0) is 4.79 Å². The van der Waals surface area contributed by atoms with E-state index >= 15 is 0 Å². The molecular formula is C18H28N2O. The van der Waals surface area contributed by atoms with Gasteiger partial charge in [-0.3, -0.25) is 4.79 Å². The molecular weight excluding hydrogens is 260 g/mol. The number of nitrogens with two attached hydrogens (primary N) is 1. The Labute approximate surface area is 128 Å². The van der Waals surface area contributed by atoms with Gasteiger partial charge in [-0.1, -0.05) is 39.0 Å². The number of carbonyl (C=O) groups excluding carboxylic acids is 1. The molecule has 3 N–H and O–H groups in total. The minimum atomic E-state index is -0.0711. The third kappa shape index (κ3) is 2.98. The van der Waals surface area contributed by atoms with E-state index in [2.05, 4.69) is 26.1 Å². The highest BCUT2D eigenvalue weighted by Crippen LogP contribution is 2.44. The molecule has 1 aromatic rings. The Hall–Kier alpha value is -1.35. The van der Waals surface area contributed by atoms with E-state index in [9.17, 15) is 4.79 Å². The number of carbonyl (C=O) groups is 1. The van der Waals surface area contributed by atoms with Crippen LogP contribution in [0.3, 0.4) is 0 Å². The summed E-state index contributed by atoms with van der Waals surface area (Å²) in [4.78, 5) is 12.8. The lowest BCUT2D eigenvalue weighted by molar-refractivity contribution is -0.127. The second-order valence-electron chi connectivity index (χ2n) is 7.16. The van der Waals surface area contributed by atoms with E-state index in [1.54, 1.807) is 0 Å². The molecule has 0 aromatic heterocycles. The van der Waals surface area contributed by atoms with E-state index in [-0.39, 0.29) is 23.3 Å². The normalized spacial score (nSPS) is 28.2. The Morgan fingerprint density at radius 3 is 2.38 bits per heavy atom. The van der Waals surface area contributed by atoms with Crippen molar-refractivity contribution in [1.82, 2.24) is 0 Å². The zero-order valence-corrected chi connectivity index (χ0v) is 13.9. The number of rotatable bonds is 2. The molecule has 1 amide bonds. The summed E-state index contributed by atoms with van der Waals surface area (Å²) in [5.74, 6) is 0.502. The monoisotopic (exact) mass is 288 g/mol. The van der Waals surface area contributed by atoms with Crippen LogP contribution in [-0.4, -0.2) is 11.9 Å². The predicted octanol–water partition coefficient (Wildman–Crippen LogP) is 3.64. The quantitative estimate of drug-likeness (QED) is 0.873. The van der Waals surface area contributed by atoms with Crippen LogP contribution in [0.1, 0.15) is 44.7 Å². The van der Waals surface area contributed by atoms with Gasteiger partial charge in [-0.05, 0) is 49.1 Å². The van der Waals surface area contributed by atoms with Crippen molar-refractivity contribution in [2.45, 2.75) is 53.5 Å². The average molecular weight is 288 g/mol. The standard InChI is InChI=1S/C18H28N2O/c1-11-7-6-8-12(2)16(11)20-17(21)14-9-10-15(19)13(3)18(14,4)5/h6-8,13-15H,9-10,19H2,1-5H3,(H,20,21). The molecule has 0 heterocycles. The predicted molar refractivity (Wildman–Crippen MR) is 88.2 cm³/mol. The van der Waals surface area contributed by atoms with Crippen LogP contribution >= 0.6 is 0 Å². The van der Waals surface area contributed by atoms with Crippen molar-refractivity contribution in [3.63, 3.8) is 0 Å². The second kappa shape index (κ2) is 5.80.